The van der Waals surface area contributed by atoms with Crippen LogP contribution in [0.15, 0.2) is 30.3 Å². The molecule has 0 aliphatic rings. The normalized spacial score (nSPS) is 11.8. The van der Waals surface area contributed by atoms with Gasteiger partial charge in [0.2, 0.25) is 11.8 Å². The van der Waals surface area contributed by atoms with E-state index in [0.29, 0.717) is 6.04 Å². The Morgan fingerprint density at radius 3 is 2.50 bits per heavy atom. The summed E-state index contributed by atoms with van der Waals surface area (Å²) in [4.78, 5) is 25.1. The fraction of sp³-hybridized carbons (Fsp3) is 0.467. The summed E-state index contributed by atoms with van der Waals surface area (Å²) in [5.41, 5.74) is 0.732. The molecule has 0 fully saturated rings. The lowest BCUT2D eigenvalue weighted by atomic mass is 10.2. The van der Waals surface area contributed by atoms with E-state index in [2.05, 4.69) is 17.6 Å². The lowest BCUT2D eigenvalue weighted by molar-refractivity contribution is -0.132. The van der Waals surface area contributed by atoms with E-state index in [4.69, 9.17) is 0 Å². The molecule has 20 heavy (non-hydrogen) atoms. The number of carbonyl (C=O) groups excluding carboxylic acids is 2. The Morgan fingerprint density at radius 1 is 1.25 bits per heavy atom. The maximum atomic E-state index is 11.8. The Balaban J connectivity index is 2.35. The van der Waals surface area contributed by atoms with E-state index in [-0.39, 0.29) is 24.9 Å². The maximum absolute atomic E-state index is 11.8. The quantitative estimate of drug-likeness (QED) is 0.793. The highest BCUT2D eigenvalue weighted by Crippen LogP contribution is 2.04. The molecule has 1 atom stereocenters. The number of benzene rings is 1. The van der Waals surface area contributed by atoms with Crippen LogP contribution in [0.4, 0.5) is 5.69 Å². The van der Waals surface area contributed by atoms with Crippen molar-refractivity contribution in [3.63, 3.8) is 0 Å². The molecule has 5 heteroatoms. The van der Waals surface area contributed by atoms with Crippen LogP contribution in [0.2, 0.25) is 0 Å². The molecule has 1 unspecified atom stereocenters. The van der Waals surface area contributed by atoms with Crippen LogP contribution in [-0.2, 0) is 9.59 Å². The van der Waals surface area contributed by atoms with E-state index in [1.165, 1.54) is 4.90 Å². The Kier molecular flexibility index (Phi) is 6.73. The Bertz CT molecular complexity index is 434. The molecular weight excluding hydrogens is 254 g/mol. The second-order valence-electron chi connectivity index (χ2n) is 4.85. The predicted octanol–water partition coefficient (Wildman–Crippen LogP) is 1.47. The second-order valence-corrected chi connectivity index (χ2v) is 4.85. The SMILES string of the molecule is CCC(C)NCC(=O)N(C)CC(=O)Nc1ccccc1. The Hall–Kier alpha value is -1.88. The molecule has 0 radical (unpaired) electrons. The fourth-order valence-electron chi connectivity index (χ4n) is 1.57. The number of hydrogen-bond donors (Lipinski definition) is 2. The molecule has 0 heterocycles. The van der Waals surface area contributed by atoms with Crippen molar-refractivity contribution in [1.82, 2.24) is 10.2 Å². The summed E-state index contributed by atoms with van der Waals surface area (Å²) < 4.78 is 0. The maximum Gasteiger partial charge on any atom is 0.243 e. The summed E-state index contributed by atoms with van der Waals surface area (Å²) in [7, 11) is 1.63. The van der Waals surface area contributed by atoms with Crippen LogP contribution in [0.25, 0.3) is 0 Å². The number of hydrogen-bond acceptors (Lipinski definition) is 3. The van der Waals surface area contributed by atoms with Gasteiger partial charge in [-0.15, -0.1) is 0 Å². The van der Waals surface area contributed by atoms with Crippen molar-refractivity contribution in [3.8, 4) is 0 Å². The molecule has 2 amide bonds. The van der Waals surface area contributed by atoms with Crippen LogP contribution in [0.5, 0.6) is 0 Å². The van der Waals surface area contributed by atoms with Crippen molar-refractivity contribution in [2.24, 2.45) is 0 Å². The van der Waals surface area contributed by atoms with Gasteiger partial charge in [0.1, 0.15) is 0 Å². The summed E-state index contributed by atoms with van der Waals surface area (Å²) in [5, 5.41) is 5.86. The Labute approximate surface area is 120 Å². The van der Waals surface area contributed by atoms with Crippen LogP contribution < -0.4 is 10.6 Å². The molecule has 1 aromatic rings. The van der Waals surface area contributed by atoms with E-state index < -0.39 is 0 Å². The highest BCUT2D eigenvalue weighted by molar-refractivity contribution is 5.94. The number of anilines is 1. The fourth-order valence-corrected chi connectivity index (χ4v) is 1.57. The first kappa shape index (κ1) is 16.2. The predicted molar refractivity (Wildman–Crippen MR) is 80.5 cm³/mol. The third kappa shape index (κ3) is 5.84. The van der Waals surface area contributed by atoms with Crippen molar-refractivity contribution in [1.29, 1.82) is 0 Å². The average Bonchev–Trinajstić information content (AvgIpc) is 2.45. The summed E-state index contributed by atoms with van der Waals surface area (Å²) >= 11 is 0. The van der Waals surface area contributed by atoms with Crippen molar-refractivity contribution < 1.29 is 9.59 Å². The monoisotopic (exact) mass is 277 g/mol. The van der Waals surface area contributed by atoms with E-state index in [0.717, 1.165) is 12.1 Å². The first-order valence-corrected chi connectivity index (χ1v) is 6.85. The van der Waals surface area contributed by atoms with Gasteiger partial charge in [0, 0.05) is 18.8 Å². The van der Waals surface area contributed by atoms with Crippen LogP contribution >= 0.6 is 0 Å². The zero-order valence-corrected chi connectivity index (χ0v) is 12.3. The van der Waals surface area contributed by atoms with Crippen molar-refractivity contribution >= 4 is 17.5 Å². The molecule has 0 aliphatic heterocycles. The second kappa shape index (κ2) is 8.32. The number of rotatable bonds is 7. The molecule has 0 aromatic heterocycles. The van der Waals surface area contributed by atoms with Gasteiger partial charge < -0.3 is 15.5 Å². The number of nitrogens with zero attached hydrogens (tertiary/aromatic N) is 1. The van der Waals surface area contributed by atoms with Gasteiger partial charge in [0.25, 0.3) is 0 Å². The molecule has 2 N–H and O–H groups in total. The number of nitrogens with one attached hydrogen (secondary N) is 2. The van der Waals surface area contributed by atoms with Crippen LogP contribution in [0, 0.1) is 0 Å². The third-order valence-electron chi connectivity index (χ3n) is 3.08. The van der Waals surface area contributed by atoms with Gasteiger partial charge >= 0.3 is 0 Å². The standard InChI is InChI=1S/C15H23N3O2/c1-4-12(2)16-10-15(20)18(3)11-14(19)17-13-8-6-5-7-9-13/h5-9,12,16H,4,10-11H2,1-3H3,(H,17,19). The highest BCUT2D eigenvalue weighted by atomic mass is 16.2. The molecule has 0 saturated heterocycles. The minimum absolute atomic E-state index is 0.0515. The first-order chi connectivity index (χ1) is 9.52. The lowest BCUT2D eigenvalue weighted by Crippen LogP contribution is -2.42. The van der Waals surface area contributed by atoms with Crippen LogP contribution in [0.3, 0.4) is 0 Å². The van der Waals surface area contributed by atoms with Crippen molar-refractivity contribution in [2.75, 3.05) is 25.5 Å². The zero-order valence-electron chi connectivity index (χ0n) is 12.3. The minimum atomic E-state index is -0.199. The summed E-state index contributed by atoms with van der Waals surface area (Å²) in [5.74, 6) is -0.288. The first-order valence-electron chi connectivity index (χ1n) is 6.85. The van der Waals surface area contributed by atoms with Crippen molar-refractivity contribution in [2.45, 2.75) is 26.3 Å². The molecule has 5 nitrogen and oxygen atoms in total. The van der Waals surface area contributed by atoms with Gasteiger partial charge in [-0.25, -0.2) is 0 Å². The molecule has 0 spiro atoms. The summed E-state index contributed by atoms with van der Waals surface area (Å²) in [6.45, 7) is 4.38. The molecule has 1 rings (SSSR count). The molecule has 0 bridgehead atoms. The van der Waals surface area contributed by atoms with Crippen molar-refractivity contribution in [3.05, 3.63) is 30.3 Å². The molecular formula is C15H23N3O2. The number of para-hydroxylation sites is 1. The van der Waals surface area contributed by atoms with Gasteiger partial charge in [-0.1, -0.05) is 25.1 Å². The number of likely N-dealkylation sites (N-methyl/N-ethyl adjacent to an activating group) is 1. The summed E-state index contributed by atoms with van der Waals surface area (Å²) in [6.07, 6.45) is 0.964. The molecule has 1 aromatic carbocycles. The van der Waals surface area contributed by atoms with Gasteiger partial charge in [-0.3, -0.25) is 9.59 Å². The van der Waals surface area contributed by atoms with Gasteiger partial charge in [-0.05, 0) is 25.5 Å². The average molecular weight is 277 g/mol. The minimum Gasteiger partial charge on any atom is -0.335 e. The summed E-state index contributed by atoms with van der Waals surface area (Å²) in [6, 6.07) is 9.49. The number of carbonyl (C=O) groups is 2. The lowest BCUT2D eigenvalue weighted by Gasteiger charge is -2.18. The van der Waals surface area contributed by atoms with Gasteiger partial charge in [-0.2, -0.15) is 0 Å². The van der Waals surface area contributed by atoms with E-state index in [9.17, 15) is 9.59 Å². The molecule has 0 aliphatic carbocycles. The zero-order chi connectivity index (χ0) is 15.0. The highest BCUT2D eigenvalue weighted by Gasteiger charge is 2.13. The topological polar surface area (TPSA) is 61.4 Å². The smallest absolute Gasteiger partial charge is 0.243 e. The van der Waals surface area contributed by atoms with Crippen LogP contribution in [-0.4, -0.2) is 42.9 Å². The third-order valence-corrected chi connectivity index (χ3v) is 3.08. The van der Waals surface area contributed by atoms with E-state index in [1.807, 2.05) is 37.3 Å². The van der Waals surface area contributed by atoms with E-state index >= 15 is 0 Å². The van der Waals surface area contributed by atoms with E-state index in [1.54, 1.807) is 7.05 Å². The number of amides is 2. The molecule has 0 saturated carbocycles. The molecule has 110 valence electrons. The van der Waals surface area contributed by atoms with Crippen LogP contribution in [0.1, 0.15) is 20.3 Å². The van der Waals surface area contributed by atoms with Gasteiger partial charge in [0.05, 0.1) is 13.1 Å². The largest absolute Gasteiger partial charge is 0.335 e. The van der Waals surface area contributed by atoms with Gasteiger partial charge in [0.15, 0.2) is 0 Å². The Morgan fingerprint density at radius 2 is 1.90 bits per heavy atom.